The number of halogens is 2. The van der Waals surface area contributed by atoms with Crippen molar-refractivity contribution in [3.05, 3.63) is 84.1 Å². The molecule has 6 rings (SSSR count). The highest BCUT2D eigenvalue weighted by atomic mass is 19.1. The van der Waals surface area contributed by atoms with Crippen LogP contribution in [0.5, 0.6) is 5.75 Å². The fraction of sp³-hybridized carbons (Fsp3) is 0.370. The van der Waals surface area contributed by atoms with Gasteiger partial charge in [-0.3, -0.25) is 4.98 Å². The lowest BCUT2D eigenvalue weighted by Gasteiger charge is -2.58. The second-order valence-corrected chi connectivity index (χ2v) is 9.54. The molecule has 4 nitrogen and oxygen atoms in total. The first-order valence-corrected chi connectivity index (χ1v) is 11.5. The van der Waals surface area contributed by atoms with Gasteiger partial charge in [0.1, 0.15) is 36.1 Å². The van der Waals surface area contributed by atoms with E-state index in [0.717, 1.165) is 48.5 Å². The minimum atomic E-state index is -0.741. The highest BCUT2D eigenvalue weighted by Crippen LogP contribution is 2.48. The van der Waals surface area contributed by atoms with Crippen molar-refractivity contribution >= 4 is 10.9 Å². The van der Waals surface area contributed by atoms with Crippen molar-refractivity contribution in [2.45, 2.75) is 31.5 Å². The second kappa shape index (κ2) is 8.50. The molecule has 0 saturated carbocycles. The third kappa shape index (κ3) is 3.91. The van der Waals surface area contributed by atoms with Gasteiger partial charge in [-0.25, -0.2) is 8.78 Å². The summed E-state index contributed by atoms with van der Waals surface area (Å²) in [5.74, 6) is 0.351. The number of quaternary nitrogens is 1. The molecule has 0 amide bonds. The summed E-state index contributed by atoms with van der Waals surface area (Å²) in [5.41, 5.74) is 2.23. The zero-order chi connectivity index (χ0) is 23.2. The van der Waals surface area contributed by atoms with Gasteiger partial charge in [0.05, 0.1) is 25.7 Å². The molecule has 1 aromatic heterocycles. The Hall–Kier alpha value is -2.83. The molecule has 3 aliphatic heterocycles. The summed E-state index contributed by atoms with van der Waals surface area (Å²) in [6, 6.07) is 11.2. The molecule has 6 heteroatoms. The van der Waals surface area contributed by atoms with Gasteiger partial charge in [0.2, 0.25) is 0 Å². The first kappa shape index (κ1) is 22.0. The number of hydrogen-bond donors (Lipinski definition) is 1. The van der Waals surface area contributed by atoms with Gasteiger partial charge in [-0.15, -0.1) is 6.58 Å². The lowest BCUT2D eigenvalue weighted by Crippen LogP contribution is -2.67. The Labute approximate surface area is 192 Å². The molecule has 0 spiro atoms. The summed E-state index contributed by atoms with van der Waals surface area (Å²) >= 11 is 0. The summed E-state index contributed by atoms with van der Waals surface area (Å²) in [5, 5.41) is 12.6. The fourth-order valence-corrected chi connectivity index (χ4v) is 6.19. The quantitative estimate of drug-likeness (QED) is 0.416. The third-order valence-corrected chi connectivity index (χ3v) is 7.76. The molecule has 2 aromatic carbocycles. The molecule has 4 heterocycles. The van der Waals surface area contributed by atoms with Crippen molar-refractivity contribution in [2.24, 2.45) is 11.8 Å². The van der Waals surface area contributed by atoms with Crippen molar-refractivity contribution in [1.82, 2.24) is 4.98 Å². The number of fused-ring (bicyclic) bond motifs is 4. The number of methoxy groups -OCH3 is 1. The van der Waals surface area contributed by atoms with E-state index >= 15 is 0 Å². The largest absolute Gasteiger partial charge is 0.497 e. The lowest BCUT2D eigenvalue weighted by atomic mass is 9.71. The van der Waals surface area contributed by atoms with Crippen LogP contribution in [0.2, 0.25) is 0 Å². The molecule has 3 aliphatic rings. The number of aliphatic hydroxyl groups excluding tert-OH is 1. The molecule has 5 unspecified atom stereocenters. The van der Waals surface area contributed by atoms with Crippen LogP contribution in [0.4, 0.5) is 8.78 Å². The van der Waals surface area contributed by atoms with E-state index in [1.165, 1.54) is 12.1 Å². The van der Waals surface area contributed by atoms with Crippen LogP contribution < -0.4 is 4.74 Å². The maximum absolute atomic E-state index is 14.0. The van der Waals surface area contributed by atoms with Crippen LogP contribution in [0.25, 0.3) is 10.9 Å². The summed E-state index contributed by atoms with van der Waals surface area (Å²) in [6.45, 7) is 6.18. The van der Waals surface area contributed by atoms with Gasteiger partial charge in [0.25, 0.3) is 0 Å². The van der Waals surface area contributed by atoms with E-state index in [2.05, 4.69) is 11.6 Å². The van der Waals surface area contributed by atoms with E-state index in [1.807, 2.05) is 30.3 Å². The number of aliphatic hydroxyl groups is 1. The zero-order valence-corrected chi connectivity index (χ0v) is 18.8. The monoisotopic (exact) mass is 451 g/mol. The Balaban J connectivity index is 1.57. The van der Waals surface area contributed by atoms with E-state index < -0.39 is 17.7 Å². The third-order valence-electron chi connectivity index (χ3n) is 7.76. The molecule has 0 radical (unpaired) electrons. The zero-order valence-electron chi connectivity index (χ0n) is 18.8. The van der Waals surface area contributed by atoms with Crippen molar-refractivity contribution in [3.8, 4) is 5.75 Å². The van der Waals surface area contributed by atoms with Gasteiger partial charge >= 0.3 is 0 Å². The maximum Gasteiger partial charge on any atom is 0.131 e. The molecule has 5 atom stereocenters. The van der Waals surface area contributed by atoms with E-state index in [-0.39, 0.29) is 6.04 Å². The predicted octanol–water partition coefficient (Wildman–Crippen LogP) is 5.17. The predicted molar refractivity (Wildman–Crippen MR) is 124 cm³/mol. The standard InChI is InChI=1S/C27H29F2N2O2/c1-3-18-16-31(15-17-10-20(28)13-21(29)11-17)9-7-19(18)12-26(31)27(32)23-6-8-30-25-5-4-22(33-2)14-24(23)25/h3-6,8,10-11,13-14,18-19,26-27,32H,1,7,9,12,15-16H2,2H3/q+1. The van der Waals surface area contributed by atoms with E-state index in [9.17, 15) is 13.9 Å². The molecule has 3 saturated heterocycles. The number of benzene rings is 2. The number of rotatable bonds is 6. The molecule has 3 fully saturated rings. The second-order valence-electron chi connectivity index (χ2n) is 9.54. The SMILES string of the molecule is C=CC1C[N+]2(Cc3cc(F)cc(F)c3)CCC1CC2C(O)c1ccnc2ccc(OC)cc12. The molecular formula is C27H29F2N2O2+. The number of piperidine rings is 3. The molecule has 1 N–H and O–H groups in total. The van der Waals surface area contributed by atoms with Crippen LogP contribution in [-0.2, 0) is 6.54 Å². The van der Waals surface area contributed by atoms with Crippen LogP contribution in [0, 0.1) is 23.5 Å². The summed E-state index contributed by atoms with van der Waals surface area (Å²) in [6.07, 6.45) is 4.85. The number of aromatic nitrogens is 1. The normalized spacial score (nSPS) is 27.5. The average Bonchev–Trinajstić information content (AvgIpc) is 2.82. The molecule has 3 aromatic rings. The first-order valence-electron chi connectivity index (χ1n) is 11.5. The van der Waals surface area contributed by atoms with Crippen LogP contribution in [-0.4, -0.2) is 40.8 Å². The van der Waals surface area contributed by atoms with Gasteiger partial charge in [-0.2, -0.15) is 0 Å². The number of hydrogen-bond acceptors (Lipinski definition) is 3. The van der Waals surface area contributed by atoms with Gasteiger partial charge in [0, 0.05) is 42.0 Å². The topological polar surface area (TPSA) is 42.4 Å². The number of ether oxygens (including phenoxy) is 1. The highest BCUT2D eigenvalue weighted by Gasteiger charge is 2.54. The first-order chi connectivity index (χ1) is 15.9. The Bertz CT molecular complexity index is 1180. The highest BCUT2D eigenvalue weighted by molar-refractivity contribution is 5.83. The van der Waals surface area contributed by atoms with E-state index in [4.69, 9.17) is 4.74 Å². The van der Waals surface area contributed by atoms with Crippen LogP contribution in [0.15, 0.2) is 61.3 Å². The van der Waals surface area contributed by atoms with Crippen LogP contribution in [0.1, 0.15) is 30.1 Å². The Morgan fingerprint density at radius 2 is 2.00 bits per heavy atom. The van der Waals surface area contributed by atoms with Crippen molar-refractivity contribution in [1.29, 1.82) is 0 Å². The summed E-state index contributed by atoms with van der Waals surface area (Å²) in [7, 11) is 1.62. The van der Waals surface area contributed by atoms with Gasteiger partial charge in [-0.05, 0) is 47.9 Å². The van der Waals surface area contributed by atoms with Crippen molar-refractivity contribution in [2.75, 3.05) is 20.2 Å². The Morgan fingerprint density at radius 1 is 1.21 bits per heavy atom. The molecular weight excluding hydrogens is 422 g/mol. The average molecular weight is 452 g/mol. The van der Waals surface area contributed by atoms with Crippen LogP contribution >= 0.6 is 0 Å². The minimum Gasteiger partial charge on any atom is -0.497 e. The molecule has 0 aliphatic carbocycles. The Kier molecular flexibility index (Phi) is 5.67. The summed E-state index contributed by atoms with van der Waals surface area (Å²) in [4.78, 5) is 4.45. The van der Waals surface area contributed by atoms with Gasteiger partial charge in [0.15, 0.2) is 0 Å². The van der Waals surface area contributed by atoms with Crippen molar-refractivity contribution < 1.29 is 23.1 Å². The Morgan fingerprint density at radius 3 is 2.73 bits per heavy atom. The molecule has 33 heavy (non-hydrogen) atoms. The van der Waals surface area contributed by atoms with E-state index in [0.29, 0.717) is 34.2 Å². The molecule has 2 bridgehead atoms. The fourth-order valence-electron chi connectivity index (χ4n) is 6.19. The maximum atomic E-state index is 14.0. The van der Waals surface area contributed by atoms with Crippen LogP contribution in [0.3, 0.4) is 0 Å². The number of pyridine rings is 1. The lowest BCUT2D eigenvalue weighted by molar-refractivity contribution is -0.985. The molecule has 172 valence electrons. The summed E-state index contributed by atoms with van der Waals surface area (Å²) < 4.78 is 34.0. The minimum absolute atomic E-state index is 0.0944. The van der Waals surface area contributed by atoms with Crippen molar-refractivity contribution in [3.63, 3.8) is 0 Å². The smallest absolute Gasteiger partial charge is 0.131 e. The van der Waals surface area contributed by atoms with Gasteiger partial charge in [-0.1, -0.05) is 6.08 Å². The van der Waals surface area contributed by atoms with E-state index in [1.54, 1.807) is 13.3 Å². The number of nitrogens with zero attached hydrogens (tertiary/aromatic N) is 2. The van der Waals surface area contributed by atoms with Gasteiger partial charge < -0.3 is 14.3 Å².